The van der Waals surface area contributed by atoms with Crippen LogP contribution in [0.1, 0.15) is 18.5 Å². The molecule has 1 unspecified atom stereocenters. The quantitative estimate of drug-likeness (QED) is 0.485. The van der Waals surface area contributed by atoms with Gasteiger partial charge < -0.3 is 20.9 Å². The zero-order valence-corrected chi connectivity index (χ0v) is 9.88. The summed E-state index contributed by atoms with van der Waals surface area (Å²) in [5.41, 5.74) is 7.99. The number of aromatic nitrogens is 3. The highest BCUT2D eigenvalue weighted by molar-refractivity contribution is 5.87. The van der Waals surface area contributed by atoms with E-state index in [2.05, 4.69) is 20.3 Å². The van der Waals surface area contributed by atoms with Crippen molar-refractivity contribution in [2.75, 3.05) is 5.73 Å². The number of hydrogen-bond donors (Lipinski definition) is 4. The Morgan fingerprint density at radius 2 is 2.22 bits per heavy atom. The van der Waals surface area contributed by atoms with Gasteiger partial charge in [0, 0.05) is 17.8 Å². The molecule has 1 fully saturated rings. The van der Waals surface area contributed by atoms with Crippen LogP contribution in [-0.4, -0.2) is 43.4 Å². The van der Waals surface area contributed by atoms with Gasteiger partial charge in [0.2, 0.25) is 6.10 Å². The number of anilines is 1. The van der Waals surface area contributed by atoms with Crippen LogP contribution < -0.4 is 11.1 Å². The number of H-pyrrole nitrogens is 1. The molecule has 0 amide bonds. The first-order valence-electron chi connectivity index (χ1n) is 5.82. The maximum absolute atomic E-state index is 9.84. The maximum atomic E-state index is 9.84. The molecule has 0 aliphatic carbocycles. The van der Waals surface area contributed by atoms with Gasteiger partial charge in [-0.25, -0.2) is 9.97 Å². The topological polar surface area (TPSA) is 123 Å². The number of nitrogen functional groups attached to an aromatic ring is 1. The van der Waals surface area contributed by atoms with Crippen molar-refractivity contribution < 1.29 is 10.2 Å². The van der Waals surface area contributed by atoms with Crippen LogP contribution in [0.2, 0.25) is 0 Å². The molecule has 7 N–H and O–H groups in total. The van der Waals surface area contributed by atoms with Crippen molar-refractivity contribution in [2.45, 2.75) is 31.2 Å². The lowest BCUT2D eigenvalue weighted by Crippen LogP contribution is -2.29. The van der Waals surface area contributed by atoms with E-state index < -0.39 is 12.2 Å². The largest absolute Gasteiger partial charge is 0.440 e. The van der Waals surface area contributed by atoms with Gasteiger partial charge in [-0.15, -0.1) is 0 Å². The third-order valence-corrected chi connectivity index (χ3v) is 3.54. The number of aromatic amines is 1. The summed E-state index contributed by atoms with van der Waals surface area (Å²) in [6.07, 6.45) is 1.89. The lowest BCUT2D eigenvalue weighted by Gasteiger charge is -2.11. The van der Waals surface area contributed by atoms with Crippen molar-refractivity contribution in [1.82, 2.24) is 20.3 Å². The second-order valence-corrected chi connectivity index (χ2v) is 4.68. The van der Waals surface area contributed by atoms with E-state index in [0.29, 0.717) is 16.9 Å². The maximum Gasteiger partial charge on any atom is 0.201 e. The highest BCUT2D eigenvalue weighted by Crippen LogP contribution is 2.32. The molecule has 7 heteroatoms. The van der Waals surface area contributed by atoms with Crippen LogP contribution in [0.5, 0.6) is 0 Å². The fourth-order valence-electron chi connectivity index (χ4n) is 2.49. The van der Waals surface area contributed by atoms with Crippen molar-refractivity contribution in [3.63, 3.8) is 0 Å². The van der Waals surface area contributed by atoms with Gasteiger partial charge in [-0.05, 0) is 6.92 Å². The number of fused-ring (bicyclic) bond motifs is 1. The first-order chi connectivity index (χ1) is 8.59. The summed E-state index contributed by atoms with van der Waals surface area (Å²) in [7, 11) is 0. The Morgan fingerprint density at radius 1 is 1.44 bits per heavy atom. The second-order valence-electron chi connectivity index (χ2n) is 4.68. The summed E-state index contributed by atoms with van der Waals surface area (Å²) < 4.78 is 0. The van der Waals surface area contributed by atoms with Crippen LogP contribution >= 0.6 is 0 Å². The average Bonchev–Trinajstić information content (AvgIpc) is 2.88. The van der Waals surface area contributed by atoms with Gasteiger partial charge in [0.1, 0.15) is 24.0 Å². The second kappa shape index (κ2) is 3.91. The van der Waals surface area contributed by atoms with Gasteiger partial charge in [-0.1, -0.05) is 0 Å². The number of nitrogens with zero attached hydrogens (tertiary/aromatic N) is 2. The summed E-state index contributed by atoms with van der Waals surface area (Å²) >= 11 is 0. The van der Waals surface area contributed by atoms with E-state index in [1.807, 2.05) is 6.92 Å². The van der Waals surface area contributed by atoms with Gasteiger partial charge in [-0.2, -0.15) is 0 Å². The lowest BCUT2D eigenvalue weighted by molar-refractivity contribution is 0.0303. The minimum Gasteiger partial charge on any atom is -0.440 e. The van der Waals surface area contributed by atoms with Gasteiger partial charge in [0.05, 0.1) is 5.52 Å². The van der Waals surface area contributed by atoms with Crippen molar-refractivity contribution in [3.8, 4) is 0 Å². The predicted molar refractivity (Wildman–Crippen MR) is 67.0 cm³/mol. The molecular weight excluding hydrogens is 234 g/mol. The standard InChI is InChI=1S/C11H15N5O2/c1-4-9(17)10(18)7(16-4)5-2-13-8-6(5)14-3-15-11(8)12/h2-4,7,9-10,13,16-18H,1H3,(H2,12,14,15)/p+1/t4-,7+,9?,10-/m1/s1. The molecule has 96 valence electrons. The van der Waals surface area contributed by atoms with E-state index in [1.54, 1.807) is 6.20 Å². The molecule has 0 aromatic carbocycles. The minimum absolute atomic E-state index is 0.110. The summed E-state index contributed by atoms with van der Waals surface area (Å²) in [6, 6.07) is -0.361. The minimum atomic E-state index is -0.681. The smallest absolute Gasteiger partial charge is 0.201 e. The van der Waals surface area contributed by atoms with E-state index in [0.717, 1.165) is 5.56 Å². The number of aliphatic hydroxyl groups excluding tert-OH is 1. The third-order valence-electron chi connectivity index (χ3n) is 3.54. The summed E-state index contributed by atoms with van der Waals surface area (Å²) in [5.74, 6) is 0.388. The Balaban J connectivity index is 2.08. The number of nitrogens with two attached hydrogens (primary N) is 1. The molecule has 3 heterocycles. The van der Waals surface area contributed by atoms with Crippen LogP contribution in [0, 0.1) is 0 Å². The fourth-order valence-corrected chi connectivity index (χ4v) is 2.49. The predicted octanol–water partition coefficient (Wildman–Crippen LogP) is -0.973. The Kier molecular flexibility index (Phi) is 2.47. The van der Waals surface area contributed by atoms with Crippen LogP contribution in [0.15, 0.2) is 12.5 Å². The van der Waals surface area contributed by atoms with E-state index in [-0.39, 0.29) is 12.1 Å². The van der Waals surface area contributed by atoms with E-state index >= 15 is 0 Å². The molecule has 18 heavy (non-hydrogen) atoms. The number of nitrogens with one attached hydrogen (secondary N) is 2. The Bertz CT molecular complexity index is 584. The first-order valence-corrected chi connectivity index (χ1v) is 5.82. The van der Waals surface area contributed by atoms with Crippen molar-refractivity contribution in [3.05, 3.63) is 18.1 Å². The van der Waals surface area contributed by atoms with Crippen molar-refractivity contribution in [1.29, 1.82) is 0 Å². The van der Waals surface area contributed by atoms with Crippen LogP contribution in [-0.2, 0) is 0 Å². The molecule has 0 spiro atoms. The Morgan fingerprint density at radius 3 is 2.89 bits per heavy atom. The molecule has 1 aliphatic heterocycles. The molecule has 2 aromatic heterocycles. The van der Waals surface area contributed by atoms with E-state index in [9.17, 15) is 5.11 Å². The molecular formula is C11H16N5O2+. The molecule has 2 aromatic rings. The van der Waals surface area contributed by atoms with Gasteiger partial charge in [0.25, 0.3) is 0 Å². The number of rotatable bonds is 1. The third kappa shape index (κ3) is 1.48. The highest BCUT2D eigenvalue weighted by Gasteiger charge is 2.44. The van der Waals surface area contributed by atoms with Crippen molar-refractivity contribution in [2.24, 2.45) is 0 Å². The molecule has 7 nitrogen and oxygen atoms in total. The molecule has 1 saturated heterocycles. The molecule has 0 saturated carbocycles. The van der Waals surface area contributed by atoms with Crippen LogP contribution in [0.3, 0.4) is 0 Å². The SMILES string of the molecule is C[C@H]1N[C@@H](c2c[nH]c3c(N)ncnc23)[C@@H]([OH2+])C1O. The highest BCUT2D eigenvalue weighted by atomic mass is 16.3. The first kappa shape index (κ1) is 11.4. The van der Waals surface area contributed by atoms with Gasteiger partial charge in [-0.3, -0.25) is 5.32 Å². The number of aliphatic hydroxyl groups is 1. The van der Waals surface area contributed by atoms with E-state index in [1.165, 1.54) is 6.33 Å². The van der Waals surface area contributed by atoms with E-state index in [4.69, 9.17) is 10.8 Å². The summed E-state index contributed by atoms with van der Waals surface area (Å²) in [6.45, 7) is 1.87. The van der Waals surface area contributed by atoms with Crippen LogP contribution in [0.25, 0.3) is 11.0 Å². The average molecular weight is 250 g/mol. The van der Waals surface area contributed by atoms with Crippen LogP contribution in [0.4, 0.5) is 5.82 Å². The molecule has 1 aliphatic rings. The lowest BCUT2D eigenvalue weighted by atomic mass is 10.0. The van der Waals surface area contributed by atoms with Gasteiger partial charge >= 0.3 is 0 Å². The Labute approximate surface area is 103 Å². The summed E-state index contributed by atoms with van der Waals surface area (Å²) in [5, 5.41) is 21.1. The summed E-state index contributed by atoms with van der Waals surface area (Å²) in [4.78, 5) is 11.1. The molecule has 3 rings (SSSR count). The van der Waals surface area contributed by atoms with Gasteiger partial charge in [0.15, 0.2) is 5.82 Å². The molecule has 4 atom stereocenters. The zero-order valence-electron chi connectivity index (χ0n) is 9.88. The Hall–Kier alpha value is -1.70. The monoisotopic (exact) mass is 250 g/mol. The normalized spacial score (nSPS) is 32.2. The number of hydrogen-bond acceptors (Lipinski definition) is 5. The fraction of sp³-hybridized carbons (Fsp3) is 0.455. The zero-order chi connectivity index (χ0) is 12.9. The molecule has 0 radical (unpaired) electrons. The van der Waals surface area contributed by atoms with Crippen molar-refractivity contribution >= 4 is 16.9 Å². The molecule has 0 bridgehead atoms.